The minimum atomic E-state index is 0.918. The van der Waals surface area contributed by atoms with Crippen molar-refractivity contribution >= 4 is 92.9 Å². The van der Waals surface area contributed by atoms with Gasteiger partial charge in [-0.05, 0) is 68.7 Å². The molecule has 0 aliphatic rings. The third kappa shape index (κ3) is 3.53. The normalized spacial score (nSPS) is 11.9. The van der Waals surface area contributed by atoms with Crippen LogP contribution < -0.4 is 4.90 Å². The van der Waals surface area contributed by atoms with Gasteiger partial charge in [0.2, 0.25) is 0 Å². The molecule has 0 spiro atoms. The van der Waals surface area contributed by atoms with E-state index in [0.717, 1.165) is 33.6 Å². The Labute approximate surface area is 265 Å². The van der Waals surface area contributed by atoms with E-state index in [1.165, 1.54) is 59.2 Å². The Morgan fingerprint density at radius 2 is 0.739 bits per heavy atom. The minimum Gasteiger partial charge on any atom is -0.456 e. The second kappa shape index (κ2) is 9.69. The molecule has 0 amide bonds. The van der Waals surface area contributed by atoms with E-state index in [0.29, 0.717) is 0 Å². The van der Waals surface area contributed by atoms with E-state index in [-0.39, 0.29) is 0 Å². The quantitative estimate of drug-likeness (QED) is 0.192. The largest absolute Gasteiger partial charge is 0.456 e. The van der Waals surface area contributed by atoms with Gasteiger partial charge >= 0.3 is 0 Å². The van der Waals surface area contributed by atoms with Gasteiger partial charge in [-0.15, -0.1) is 0 Å². The van der Waals surface area contributed by atoms with Gasteiger partial charge in [-0.1, -0.05) is 127 Å². The van der Waals surface area contributed by atoms with Crippen LogP contribution in [0.5, 0.6) is 0 Å². The van der Waals surface area contributed by atoms with Gasteiger partial charge in [0.05, 0.1) is 17.1 Å². The molecule has 2 heteroatoms. The topological polar surface area (TPSA) is 16.4 Å². The molecule has 0 atom stereocenters. The third-order valence-electron chi connectivity index (χ3n) is 9.60. The van der Waals surface area contributed by atoms with Crippen molar-refractivity contribution in [3.63, 3.8) is 0 Å². The number of rotatable bonds is 3. The fraction of sp³-hybridized carbons (Fsp3) is 0. The highest BCUT2D eigenvalue weighted by Gasteiger charge is 2.23. The summed E-state index contributed by atoms with van der Waals surface area (Å²) >= 11 is 0. The Bertz CT molecular complexity index is 2700. The van der Waals surface area contributed by atoms with E-state index >= 15 is 0 Å². The molecule has 0 N–H and O–H groups in total. The zero-order valence-corrected chi connectivity index (χ0v) is 24.9. The lowest BCUT2D eigenvalue weighted by atomic mass is 9.90. The number of nitrogens with zero attached hydrogens (tertiary/aromatic N) is 1. The maximum atomic E-state index is 6.37. The molecule has 0 aliphatic heterocycles. The van der Waals surface area contributed by atoms with E-state index in [1.54, 1.807) is 0 Å². The molecule has 0 saturated carbocycles. The highest BCUT2D eigenvalue weighted by atomic mass is 16.3. The molecule has 1 aromatic heterocycles. The summed E-state index contributed by atoms with van der Waals surface area (Å²) in [6.45, 7) is 0. The van der Waals surface area contributed by atoms with Crippen molar-refractivity contribution in [3.8, 4) is 0 Å². The van der Waals surface area contributed by atoms with Crippen LogP contribution in [0.25, 0.3) is 75.8 Å². The highest BCUT2D eigenvalue weighted by molar-refractivity contribution is 6.36. The fourth-order valence-corrected chi connectivity index (χ4v) is 7.67. The summed E-state index contributed by atoms with van der Waals surface area (Å²) in [5, 5.41) is 14.6. The number of furan rings is 1. The molecule has 2 nitrogen and oxygen atoms in total. The van der Waals surface area contributed by atoms with E-state index in [2.05, 4.69) is 163 Å². The molecule has 0 bridgehead atoms. The maximum Gasteiger partial charge on any atom is 0.136 e. The molecule has 0 aliphatic carbocycles. The smallest absolute Gasteiger partial charge is 0.136 e. The monoisotopic (exact) mass is 585 g/mol. The van der Waals surface area contributed by atoms with E-state index in [4.69, 9.17) is 4.42 Å². The van der Waals surface area contributed by atoms with Crippen molar-refractivity contribution in [2.45, 2.75) is 0 Å². The van der Waals surface area contributed by atoms with Gasteiger partial charge in [0.1, 0.15) is 11.2 Å². The number of anilines is 3. The predicted octanol–water partition coefficient (Wildman–Crippen LogP) is 12.8. The van der Waals surface area contributed by atoms with Crippen LogP contribution in [0, 0.1) is 0 Å². The average molecular weight is 586 g/mol. The third-order valence-corrected chi connectivity index (χ3v) is 9.60. The van der Waals surface area contributed by atoms with Crippen LogP contribution in [-0.2, 0) is 0 Å². The standard InChI is InChI=1S/C44H27NO/c1-3-16-30-28(12-1)14-9-22-37(30)45(38-23-10-15-29-13-2-4-17-31(29)38)39-24-11-21-33-35-26-27-41-44(36-20-7-8-25-40(36)46-41)43(35)34-19-6-5-18-32(34)42(33)39/h1-27H. The van der Waals surface area contributed by atoms with Crippen LogP contribution in [-0.4, -0.2) is 0 Å². The van der Waals surface area contributed by atoms with Gasteiger partial charge in [0.25, 0.3) is 0 Å². The Kier molecular flexibility index (Phi) is 5.31. The van der Waals surface area contributed by atoms with E-state index < -0.39 is 0 Å². The molecule has 214 valence electrons. The van der Waals surface area contributed by atoms with Crippen LogP contribution in [0.1, 0.15) is 0 Å². The fourth-order valence-electron chi connectivity index (χ4n) is 7.67. The summed E-state index contributed by atoms with van der Waals surface area (Å²) in [5.74, 6) is 0. The van der Waals surface area contributed by atoms with Gasteiger partial charge in [-0.2, -0.15) is 0 Å². The van der Waals surface area contributed by atoms with Gasteiger partial charge in [-0.25, -0.2) is 0 Å². The minimum absolute atomic E-state index is 0.918. The number of para-hydroxylation sites is 1. The maximum absolute atomic E-state index is 6.37. The number of hydrogen-bond acceptors (Lipinski definition) is 2. The van der Waals surface area contributed by atoms with Crippen LogP contribution in [0.2, 0.25) is 0 Å². The second-order valence-corrected chi connectivity index (χ2v) is 12.0. The molecule has 0 unspecified atom stereocenters. The van der Waals surface area contributed by atoms with Gasteiger partial charge < -0.3 is 9.32 Å². The predicted molar refractivity (Wildman–Crippen MR) is 196 cm³/mol. The molecule has 0 saturated heterocycles. The second-order valence-electron chi connectivity index (χ2n) is 12.0. The Morgan fingerprint density at radius 1 is 0.283 bits per heavy atom. The van der Waals surface area contributed by atoms with Crippen LogP contribution in [0.4, 0.5) is 17.1 Å². The van der Waals surface area contributed by atoms with Crippen molar-refractivity contribution in [2.24, 2.45) is 0 Å². The Morgan fingerprint density at radius 3 is 1.41 bits per heavy atom. The molecule has 0 fully saturated rings. The molecule has 0 radical (unpaired) electrons. The van der Waals surface area contributed by atoms with Gasteiger partial charge in [0, 0.05) is 32.3 Å². The van der Waals surface area contributed by atoms with Gasteiger partial charge in [-0.3, -0.25) is 0 Å². The summed E-state index contributed by atoms with van der Waals surface area (Å²) in [4.78, 5) is 2.48. The Balaban J connectivity index is 1.41. The van der Waals surface area contributed by atoms with Crippen LogP contribution >= 0.6 is 0 Å². The summed E-state index contributed by atoms with van der Waals surface area (Å²) < 4.78 is 6.37. The van der Waals surface area contributed by atoms with E-state index in [9.17, 15) is 0 Å². The number of benzene rings is 9. The highest BCUT2D eigenvalue weighted by Crippen LogP contribution is 2.49. The molecule has 10 aromatic rings. The zero-order valence-electron chi connectivity index (χ0n) is 24.9. The number of hydrogen-bond donors (Lipinski definition) is 0. The van der Waals surface area contributed by atoms with Crippen LogP contribution in [0.3, 0.4) is 0 Å². The van der Waals surface area contributed by atoms with Gasteiger partial charge in [0.15, 0.2) is 0 Å². The number of fused-ring (bicyclic) bond motifs is 12. The molecule has 9 aromatic carbocycles. The molecular weight excluding hydrogens is 558 g/mol. The van der Waals surface area contributed by atoms with Crippen molar-refractivity contribution in [3.05, 3.63) is 164 Å². The molecular formula is C44H27NO. The lowest BCUT2D eigenvalue weighted by Crippen LogP contribution is -2.11. The summed E-state index contributed by atoms with van der Waals surface area (Å²) in [7, 11) is 0. The molecule has 1 heterocycles. The lowest BCUT2D eigenvalue weighted by molar-refractivity contribution is 0.669. The first-order valence-electron chi connectivity index (χ1n) is 15.8. The van der Waals surface area contributed by atoms with Crippen molar-refractivity contribution in [1.29, 1.82) is 0 Å². The summed E-state index contributed by atoms with van der Waals surface area (Å²) in [6.07, 6.45) is 0. The average Bonchev–Trinajstić information content (AvgIpc) is 3.51. The molecule has 46 heavy (non-hydrogen) atoms. The summed E-state index contributed by atoms with van der Waals surface area (Å²) in [5.41, 5.74) is 5.30. The first-order valence-corrected chi connectivity index (χ1v) is 15.8. The van der Waals surface area contributed by atoms with Crippen molar-refractivity contribution in [2.75, 3.05) is 4.90 Å². The summed E-state index contributed by atoms with van der Waals surface area (Å²) in [6, 6.07) is 59.1. The zero-order chi connectivity index (χ0) is 30.2. The van der Waals surface area contributed by atoms with Crippen LogP contribution in [0.15, 0.2) is 168 Å². The van der Waals surface area contributed by atoms with Crippen molar-refractivity contribution < 1.29 is 4.42 Å². The molecule has 10 rings (SSSR count). The Hall–Kier alpha value is -6.12. The SMILES string of the molecule is c1ccc2c(N(c3cccc4ccccc34)c3cccc4c5ccc6oc7ccccc7c6c5c5ccccc5c34)cccc2c1. The first kappa shape index (κ1) is 25.2. The van der Waals surface area contributed by atoms with Crippen molar-refractivity contribution in [1.82, 2.24) is 0 Å². The first-order chi connectivity index (χ1) is 22.8. The van der Waals surface area contributed by atoms with E-state index in [1.807, 2.05) is 6.07 Å². The lowest BCUT2D eigenvalue weighted by Gasteiger charge is -2.30.